The number of aromatic nitrogens is 2. The SMILES string of the molecule is O=C(C[C@@H]1CSc2nc3c(c(=O)n21)CCCC3)N1CCN(C(=O)c2ccco2)CC1. The highest BCUT2D eigenvalue weighted by Gasteiger charge is 2.33. The summed E-state index contributed by atoms with van der Waals surface area (Å²) < 4.78 is 6.94. The monoisotopic (exact) mass is 428 g/mol. The largest absolute Gasteiger partial charge is 0.459 e. The molecule has 0 saturated carbocycles. The van der Waals surface area contributed by atoms with Gasteiger partial charge in [-0.25, -0.2) is 4.98 Å². The molecule has 2 aliphatic heterocycles. The van der Waals surface area contributed by atoms with Gasteiger partial charge in [0.25, 0.3) is 11.5 Å². The highest BCUT2D eigenvalue weighted by Crippen LogP contribution is 2.34. The molecule has 1 aliphatic carbocycles. The van der Waals surface area contributed by atoms with Crippen LogP contribution in [0.3, 0.4) is 0 Å². The zero-order chi connectivity index (χ0) is 20.7. The van der Waals surface area contributed by atoms with E-state index >= 15 is 0 Å². The van der Waals surface area contributed by atoms with Crippen LogP contribution < -0.4 is 5.56 Å². The van der Waals surface area contributed by atoms with E-state index in [9.17, 15) is 14.4 Å². The number of amides is 2. The number of hydrogen-bond donors (Lipinski definition) is 0. The van der Waals surface area contributed by atoms with Gasteiger partial charge in [-0.15, -0.1) is 0 Å². The molecule has 1 saturated heterocycles. The molecule has 4 heterocycles. The number of carbonyl (C=O) groups excluding carboxylic acids is 2. The van der Waals surface area contributed by atoms with Crippen molar-refractivity contribution in [3.63, 3.8) is 0 Å². The summed E-state index contributed by atoms with van der Waals surface area (Å²) in [5.74, 6) is 0.914. The molecule has 3 aliphatic rings. The maximum Gasteiger partial charge on any atom is 0.289 e. The van der Waals surface area contributed by atoms with Gasteiger partial charge in [-0.1, -0.05) is 11.8 Å². The van der Waals surface area contributed by atoms with Crippen molar-refractivity contribution in [1.29, 1.82) is 0 Å². The second kappa shape index (κ2) is 7.94. The zero-order valence-electron chi connectivity index (χ0n) is 16.7. The molecule has 0 aromatic carbocycles. The molecule has 0 radical (unpaired) electrons. The Hall–Kier alpha value is -2.55. The van der Waals surface area contributed by atoms with Crippen LogP contribution >= 0.6 is 11.8 Å². The van der Waals surface area contributed by atoms with Gasteiger partial charge in [0.15, 0.2) is 10.9 Å². The molecule has 0 bridgehead atoms. The fourth-order valence-corrected chi connectivity index (χ4v) is 5.66. The van der Waals surface area contributed by atoms with Gasteiger partial charge in [0.05, 0.1) is 18.0 Å². The lowest BCUT2D eigenvalue weighted by Crippen LogP contribution is -2.51. The molecule has 0 N–H and O–H groups in total. The van der Waals surface area contributed by atoms with Gasteiger partial charge >= 0.3 is 0 Å². The number of nitrogens with zero attached hydrogens (tertiary/aromatic N) is 4. The van der Waals surface area contributed by atoms with Crippen molar-refractivity contribution in [1.82, 2.24) is 19.4 Å². The second-order valence-electron chi connectivity index (χ2n) is 8.02. The first kappa shape index (κ1) is 19.4. The quantitative estimate of drug-likeness (QED) is 0.692. The van der Waals surface area contributed by atoms with Crippen LogP contribution in [0.15, 0.2) is 32.8 Å². The Morgan fingerprint density at radius 3 is 2.67 bits per heavy atom. The van der Waals surface area contributed by atoms with Gasteiger partial charge < -0.3 is 14.2 Å². The van der Waals surface area contributed by atoms with E-state index in [-0.39, 0.29) is 23.4 Å². The maximum absolute atomic E-state index is 13.0. The van der Waals surface area contributed by atoms with E-state index in [0.717, 1.165) is 42.1 Å². The minimum atomic E-state index is -0.146. The van der Waals surface area contributed by atoms with E-state index in [1.54, 1.807) is 38.3 Å². The molecule has 0 unspecified atom stereocenters. The van der Waals surface area contributed by atoms with Crippen molar-refractivity contribution in [3.05, 3.63) is 45.8 Å². The van der Waals surface area contributed by atoms with E-state index in [1.165, 1.54) is 6.26 Å². The highest BCUT2D eigenvalue weighted by atomic mass is 32.2. The van der Waals surface area contributed by atoms with Crippen molar-refractivity contribution in [2.45, 2.75) is 43.3 Å². The van der Waals surface area contributed by atoms with Crippen LogP contribution in [0.5, 0.6) is 0 Å². The summed E-state index contributed by atoms with van der Waals surface area (Å²) in [6.07, 6.45) is 5.57. The number of hydrogen-bond acceptors (Lipinski definition) is 6. The lowest BCUT2D eigenvalue weighted by atomic mass is 9.97. The predicted molar refractivity (Wildman–Crippen MR) is 111 cm³/mol. The third-order valence-corrected chi connectivity index (χ3v) is 7.28. The summed E-state index contributed by atoms with van der Waals surface area (Å²) in [5, 5.41) is 0.757. The molecule has 0 spiro atoms. The molecule has 158 valence electrons. The van der Waals surface area contributed by atoms with E-state index in [1.807, 2.05) is 0 Å². The summed E-state index contributed by atoms with van der Waals surface area (Å²) in [6.45, 7) is 1.96. The van der Waals surface area contributed by atoms with Crippen LogP contribution in [0.4, 0.5) is 0 Å². The van der Waals surface area contributed by atoms with Gasteiger partial charge in [0, 0.05) is 43.9 Å². The fourth-order valence-electron chi connectivity index (χ4n) is 4.51. The molecule has 1 fully saturated rings. The van der Waals surface area contributed by atoms with E-state index in [0.29, 0.717) is 44.1 Å². The zero-order valence-corrected chi connectivity index (χ0v) is 17.5. The summed E-state index contributed by atoms with van der Waals surface area (Å²) in [6, 6.07) is 3.20. The Morgan fingerprint density at radius 1 is 1.13 bits per heavy atom. The Bertz CT molecular complexity index is 1020. The highest BCUT2D eigenvalue weighted by molar-refractivity contribution is 7.99. The van der Waals surface area contributed by atoms with Crippen LogP contribution in [-0.4, -0.2) is 63.1 Å². The standard InChI is InChI=1S/C21H24N4O4S/c26-18(23-7-9-24(10-8-23)20(28)17-6-3-11-29-17)12-14-13-30-21-22-16-5-2-1-4-15(16)19(27)25(14)21/h3,6,11,14H,1-2,4-5,7-10,12-13H2/t14-/m1/s1. The Morgan fingerprint density at radius 2 is 1.90 bits per heavy atom. The van der Waals surface area contributed by atoms with Crippen molar-refractivity contribution in [3.8, 4) is 0 Å². The number of furan rings is 1. The Labute approximate surface area is 178 Å². The predicted octanol–water partition coefficient (Wildman–Crippen LogP) is 1.74. The van der Waals surface area contributed by atoms with Crippen LogP contribution in [-0.2, 0) is 17.6 Å². The molecule has 2 aromatic rings. The van der Waals surface area contributed by atoms with Gasteiger partial charge in [-0.2, -0.15) is 0 Å². The first-order valence-electron chi connectivity index (χ1n) is 10.5. The summed E-state index contributed by atoms with van der Waals surface area (Å²) in [4.78, 5) is 46.6. The minimum absolute atomic E-state index is 0.0307. The molecule has 2 aromatic heterocycles. The first-order chi connectivity index (χ1) is 14.6. The maximum atomic E-state index is 13.0. The lowest BCUT2D eigenvalue weighted by molar-refractivity contribution is -0.133. The van der Waals surface area contributed by atoms with Gasteiger partial charge in [0.1, 0.15) is 0 Å². The fraction of sp³-hybridized carbons (Fsp3) is 0.524. The Kier molecular flexibility index (Phi) is 5.14. The summed E-state index contributed by atoms with van der Waals surface area (Å²) >= 11 is 1.57. The third-order valence-electron chi connectivity index (χ3n) is 6.18. The number of fused-ring (bicyclic) bond motifs is 2. The van der Waals surface area contributed by atoms with Crippen molar-refractivity contribution in [2.75, 3.05) is 31.9 Å². The van der Waals surface area contributed by atoms with Crippen LogP contribution in [0.25, 0.3) is 0 Å². The first-order valence-corrected chi connectivity index (χ1v) is 11.5. The molecule has 30 heavy (non-hydrogen) atoms. The van der Waals surface area contributed by atoms with E-state index < -0.39 is 0 Å². The number of aryl methyl sites for hydroxylation is 1. The number of thioether (sulfide) groups is 1. The molecule has 8 nitrogen and oxygen atoms in total. The molecule has 9 heteroatoms. The average molecular weight is 429 g/mol. The van der Waals surface area contributed by atoms with Gasteiger partial charge in [-0.3, -0.25) is 19.0 Å². The molecular formula is C21H24N4O4S. The second-order valence-corrected chi connectivity index (χ2v) is 9.01. The van der Waals surface area contributed by atoms with Crippen molar-refractivity contribution >= 4 is 23.6 Å². The Balaban J connectivity index is 1.24. The lowest BCUT2D eigenvalue weighted by Gasteiger charge is -2.34. The number of carbonyl (C=O) groups is 2. The van der Waals surface area contributed by atoms with Crippen molar-refractivity contribution in [2.24, 2.45) is 0 Å². The summed E-state index contributed by atoms with van der Waals surface area (Å²) in [5.41, 5.74) is 1.84. The van der Waals surface area contributed by atoms with Crippen LogP contribution in [0.1, 0.15) is 47.1 Å². The topological polar surface area (TPSA) is 88.7 Å². The molecule has 2 amide bonds. The normalized spacial score (nSPS) is 20.7. The third kappa shape index (κ3) is 3.45. The number of piperazine rings is 1. The minimum Gasteiger partial charge on any atom is -0.459 e. The molecular weight excluding hydrogens is 404 g/mol. The molecule has 5 rings (SSSR count). The van der Waals surface area contributed by atoms with Crippen molar-refractivity contribution < 1.29 is 14.0 Å². The van der Waals surface area contributed by atoms with Crippen LogP contribution in [0.2, 0.25) is 0 Å². The smallest absolute Gasteiger partial charge is 0.289 e. The van der Waals surface area contributed by atoms with Gasteiger partial charge in [0.2, 0.25) is 5.91 Å². The average Bonchev–Trinajstić information content (AvgIpc) is 3.44. The van der Waals surface area contributed by atoms with Gasteiger partial charge in [-0.05, 0) is 37.8 Å². The van der Waals surface area contributed by atoms with Crippen LogP contribution in [0, 0.1) is 0 Å². The van der Waals surface area contributed by atoms with E-state index in [4.69, 9.17) is 9.40 Å². The summed E-state index contributed by atoms with van der Waals surface area (Å²) in [7, 11) is 0. The number of rotatable bonds is 3. The molecule has 1 atom stereocenters. The van der Waals surface area contributed by atoms with E-state index in [2.05, 4.69) is 0 Å².